The second-order valence-electron chi connectivity index (χ2n) is 6.22. The normalized spacial score (nSPS) is 10.6. The van der Waals surface area contributed by atoms with Crippen LogP contribution in [0.4, 0.5) is 0 Å². The van der Waals surface area contributed by atoms with Crippen LogP contribution in [0.15, 0.2) is 66.9 Å². The van der Waals surface area contributed by atoms with Gasteiger partial charge in [-0.3, -0.25) is 4.98 Å². The summed E-state index contributed by atoms with van der Waals surface area (Å²) in [5.41, 5.74) is 3.54. The highest BCUT2D eigenvalue weighted by molar-refractivity contribution is 6.09. The van der Waals surface area contributed by atoms with Gasteiger partial charge in [-0.1, -0.05) is 43.3 Å². The molecule has 0 amide bonds. The molecule has 0 aliphatic carbocycles. The third-order valence-electron chi connectivity index (χ3n) is 4.38. The molecule has 0 atom stereocenters. The fourth-order valence-electron chi connectivity index (χ4n) is 3.22. The fourth-order valence-corrected chi connectivity index (χ4v) is 3.22. The van der Waals surface area contributed by atoms with Crippen molar-refractivity contribution in [3.05, 3.63) is 72.6 Å². The topological polar surface area (TPSA) is 27.1 Å². The van der Waals surface area contributed by atoms with Crippen molar-refractivity contribution in [1.29, 1.82) is 0 Å². The van der Waals surface area contributed by atoms with Crippen molar-refractivity contribution in [1.82, 2.24) is 9.55 Å². The Morgan fingerprint density at radius 3 is 2.23 bits per heavy atom. The maximum atomic E-state index is 5.76. The van der Waals surface area contributed by atoms with E-state index in [4.69, 9.17) is 4.74 Å². The highest BCUT2D eigenvalue weighted by Gasteiger charge is 2.12. The van der Waals surface area contributed by atoms with Gasteiger partial charge in [0, 0.05) is 29.6 Å². The van der Waals surface area contributed by atoms with Crippen molar-refractivity contribution in [3.63, 3.8) is 0 Å². The molecule has 0 bridgehead atoms. The van der Waals surface area contributed by atoms with E-state index in [1.807, 2.05) is 42.6 Å². The van der Waals surface area contributed by atoms with Gasteiger partial charge in [-0.25, -0.2) is 0 Å². The zero-order valence-electron chi connectivity index (χ0n) is 15.8. The van der Waals surface area contributed by atoms with Gasteiger partial charge in [0.25, 0.3) is 0 Å². The molecule has 2 heterocycles. The summed E-state index contributed by atoms with van der Waals surface area (Å²) in [6.45, 7) is 8.06. The molecule has 0 aliphatic rings. The molecule has 134 valence electrons. The third kappa shape index (κ3) is 3.72. The van der Waals surface area contributed by atoms with Crippen molar-refractivity contribution >= 4 is 21.8 Å². The zero-order valence-corrected chi connectivity index (χ0v) is 15.8. The number of aryl methyl sites for hydroxylation is 2. The molecule has 3 heteroatoms. The first kappa shape index (κ1) is 18.0. The summed E-state index contributed by atoms with van der Waals surface area (Å²) in [7, 11) is 0. The second kappa shape index (κ2) is 8.52. The number of benzene rings is 2. The van der Waals surface area contributed by atoms with Crippen LogP contribution >= 0.6 is 0 Å². The highest BCUT2D eigenvalue weighted by atomic mass is 16.5. The van der Waals surface area contributed by atoms with Crippen LogP contribution in [0.1, 0.15) is 26.0 Å². The summed E-state index contributed by atoms with van der Waals surface area (Å²) in [6, 6.07) is 20.5. The van der Waals surface area contributed by atoms with Gasteiger partial charge in [0.05, 0.1) is 23.3 Å². The molecular weight excluding hydrogens is 320 g/mol. The van der Waals surface area contributed by atoms with Gasteiger partial charge in [0.1, 0.15) is 5.75 Å². The van der Waals surface area contributed by atoms with Crippen molar-refractivity contribution < 1.29 is 4.74 Å². The van der Waals surface area contributed by atoms with Gasteiger partial charge < -0.3 is 9.30 Å². The van der Waals surface area contributed by atoms with Gasteiger partial charge in [0.2, 0.25) is 0 Å². The minimum absolute atomic E-state index is 0.762. The van der Waals surface area contributed by atoms with Crippen LogP contribution < -0.4 is 4.74 Å². The Bertz CT molecular complexity index is 947. The van der Waals surface area contributed by atoms with E-state index in [0.717, 1.165) is 31.0 Å². The van der Waals surface area contributed by atoms with E-state index < -0.39 is 0 Å². The Morgan fingerprint density at radius 1 is 0.923 bits per heavy atom. The lowest BCUT2D eigenvalue weighted by Crippen LogP contribution is -1.97. The van der Waals surface area contributed by atoms with Gasteiger partial charge in [0.15, 0.2) is 0 Å². The molecule has 3 nitrogen and oxygen atoms in total. The molecule has 0 spiro atoms. The van der Waals surface area contributed by atoms with Crippen molar-refractivity contribution in [2.75, 3.05) is 6.61 Å². The van der Waals surface area contributed by atoms with E-state index in [2.05, 4.69) is 54.6 Å². The lowest BCUT2D eigenvalue weighted by Gasteiger charge is -2.07. The Balaban J connectivity index is 0.000000278. The molecule has 0 unspecified atom stereocenters. The largest absolute Gasteiger partial charge is 0.494 e. The highest BCUT2D eigenvalue weighted by Crippen LogP contribution is 2.32. The first-order chi connectivity index (χ1) is 12.8. The van der Waals surface area contributed by atoms with Gasteiger partial charge in [-0.05, 0) is 38.5 Å². The number of aromatic nitrogens is 2. The third-order valence-corrected chi connectivity index (χ3v) is 4.38. The summed E-state index contributed by atoms with van der Waals surface area (Å²) in [4.78, 5) is 4.43. The molecular formula is C23H26N2O. The van der Waals surface area contributed by atoms with Crippen LogP contribution in [-0.2, 0) is 6.54 Å². The van der Waals surface area contributed by atoms with Crippen LogP contribution in [0.2, 0.25) is 0 Å². The molecule has 2 aromatic carbocycles. The minimum Gasteiger partial charge on any atom is -0.494 e. The van der Waals surface area contributed by atoms with E-state index in [-0.39, 0.29) is 0 Å². The SMILES string of the molecule is CCCOc1ccc2c3ccnc(C)c3n(CC)c2c1.c1ccccc1. The lowest BCUT2D eigenvalue weighted by atomic mass is 10.1. The molecule has 0 aliphatic heterocycles. The number of ether oxygens (including phenoxy) is 1. The zero-order chi connectivity index (χ0) is 18.4. The lowest BCUT2D eigenvalue weighted by molar-refractivity contribution is 0.318. The van der Waals surface area contributed by atoms with Gasteiger partial charge in [-0.15, -0.1) is 0 Å². The average Bonchev–Trinajstić information content (AvgIpc) is 3.02. The standard InChI is InChI=1S/C17H20N2O.C6H6/c1-4-10-20-13-6-7-14-15-8-9-18-12(3)17(15)19(5-2)16(14)11-13;1-2-4-6-5-3-1/h6-9,11H,4-5,10H2,1-3H3;1-6H. The maximum absolute atomic E-state index is 5.76. The predicted molar refractivity (Wildman–Crippen MR) is 110 cm³/mol. The Morgan fingerprint density at radius 2 is 1.62 bits per heavy atom. The number of fused-ring (bicyclic) bond motifs is 3. The minimum atomic E-state index is 0.762. The maximum Gasteiger partial charge on any atom is 0.121 e. The summed E-state index contributed by atoms with van der Waals surface area (Å²) in [5, 5.41) is 2.55. The van der Waals surface area contributed by atoms with E-state index >= 15 is 0 Å². The van der Waals surface area contributed by atoms with Crippen LogP contribution in [-0.4, -0.2) is 16.2 Å². The van der Waals surface area contributed by atoms with Gasteiger partial charge >= 0.3 is 0 Å². The molecule has 4 aromatic rings. The summed E-state index contributed by atoms with van der Waals surface area (Å²) in [6.07, 6.45) is 2.91. The van der Waals surface area contributed by atoms with Crippen molar-refractivity contribution in [2.24, 2.45) is 0 Å². The molecule has 0 N–H and O–H groups in total. The Labute approximate surface area is 155 Å². The fraction of sp³-hybridized carbons (Fsp3) is 0.261. The van der Waals surface area contributed by atoms with Crippen molar-refractivity contribution in [3.8, 4) is 5.75 Å². The summed E-state index contributed by atoms with van der Waals surface area (Å²) >= 11 is 0. The first-order valence-electron chi connectivity index (χ1n) is 9.26. The monoisotopic (exact) mass is 346 g/mol. The molecule has 0 radical (unpaired) electrons. The Kier molecular flexibility index (Phi) is 5.90. The van der Waals surface area contributed by atoms with E-state index in [1.54, 1.807) is 0 Å². The molecule has 0 fully saturated rings. The summed E-state index contributed by atoms with van der Waals surface area (Å²) < 4.78 is 8.09. The smallest absolute Gasteiger partial charge is 0.121 e. The predicted octanol–water partition coefficient (Wildman–Crippen LogP) is 5.99. The number of rotatable bonds is 4. The van der Waals surface area contributed by atoms with Crippen LogP contribution in [0.25, 0.3) is 21.8 Å². The quantitative estimate of drug-likeness (QED) is 0.453. The number of nitrogens with zero attached hydrogens (tertiary/aromatic N) is 2. The molecule has 0 saturated carbocycles. The number of hydrogen-bond acceptors (Lipinski definition) is 2. The second-order valence-corrected chi connectivity index (χ2v) is 6.22. The number of pyridine rings is 1. The number of hydrogen-bond donors (Lipinski definition) is 0. The average molecular weight is 346 g/mol. The molecule has 0 saturated heterocycles. The van der Waals surface area contributed by atoms with Gasteiger partial charge in [-0.2, -0.15) is 0 Å². The van der Waals surface area contributed by atoms with E-state index in [1.165, 1.54) is 21.8 Å². The first-order valence-corrected chi connectivity index (χ1v) is 9.26. The molecule has 2 aromatic heterocycles. The van der Waals surface area contributed by atoms with E-state index in [9.17, 15) is 0 Å². The molecule has 26 heavy (non-hydrogen) atoms. The molecule has 4 rings (SSSR count). The van der Waals surface area contributed by atoms with Crippen molar-refractivity contribution in [2.45, 2.75) is 33.7 Å². The summed E-state index contributed by atoms with van der Waals surface area (Å²) in [5.74, 6) is 0.947. The Hall–Kier alpha value is -2.81. The van der Waals surface area contributed by atoms with Crippen LogP contribution in [0.5, 0.6) is 5.75 Å². The van der Waals surface area contributed by atoms with Crippen LogP contribution in [0.3, 0.4) is 0 Å². The van der Waals surface area contributed by atoms with E-state index in [0.29, 0.717) is 0 Å². The van der Waals surface area contributed by atoms with Crippen LogP contribution in [0, 0.1) is 6.92 Å².